The Morgan fingerprint density at radius 2 is 2.22 bits per heavy atom. The van der Waals surface area contributed by atoms with Gasteiger partial charge in [0.15, 0.2) is 5.16 Å². The van der Waals surface area contributed by atoms with Gasteiger partial charge in [-0.25, -0.2) is 4.98 Å². The molecule has 4 nitrogen and oxygen atoms in total. The maximum absolute atomic E-state index is 12.2. The van der Waals surface area contributed by atoms with Crippen LogP contribution in [0.15, 0.2) is 23.4 Å². The number of nitrogens with zero attached hydrogens (tertiary/aromatic N) is 1. The zero-order valence-corrected chi connectivity index (χ0v) is 14.9. The average molecular weight is 331 g/mol. The minimum absolute atomic E-state index is 0.109. The van der Waals surface area contributed by atoms with Gasteiger partial charge in [0.2, 0.25) is 5.91 Å². The molecule has 2 N–H and O–H groups in total. The Morgan fingerprint density at radius 1 is 1.39 bits per heavy atom. The number of imidazole rings is 1. The van der Waals surface area contributed by atoms with E-state index in [-0.39, 0.29) is 5.91 Å². The fraction of sp³-hybridized carbons (Fsp3) is 0.556. The van der Waals surface area contributed by atoms with Crippen molar-refractivity contribution in [2.45, 2.75) is 51.2 Å². The molecule has 0 bridgehead atoms. The van der Waals surface area contributed by atoms with Crippen LogP contribution in [0.2, 0.25) is 0 Å². The molecule has 5 heteroatoms. The first-order valence-electron chi connectivity index (χ1n) is 8.41. The molecule has 3 rings (SSSR count). The van der Waals surface area contributed by atoms with Crippen molar-refractivity contribution in [3.05, 3.63) is 23.8 Å². The highest BCUT2D eigenvalue weighted by atomic mass is 32.2. The fourth-order valence-electron chi connectivity index (χ4n) is 3.34. The lowest BCUT2D eigenvalue weighted by Crippen LogP contribution is -2.44. The largest absolute Gasteiger partial charge is 0.352 e. The quantitative estimate of drug-likeness (QED) is 0.835. The number of thioether (sulfide) groups is 1. The molecule has 0 saturated heterocycles. The van der Waals surface area contributed by atoms with Gasteiger partial charge < -0.3 is 10.3 Å². The van der Waals surface area contributed by atoms with E-state index < -0.39 is 0 Å². The molecule has 0 spiro atoms. The number of fused-ring (bicyclic) bond motifs is 1. The minimum Gasteiger partial charge on any atom is -0.352 e. The highest BCUT2D eigenvalue weighted by molar-refractivity contribution is 7.99. The third-order valence-electron chi connectivity index (χ3n) is 5.01. The predicted octanol–water partition coefficient (Wildman–Crippen LogP) is 3.90. The second-order valence-corrected chi connectivity index (χ2v) is 7.76. The summed E-state index contributed by atoms with van der Waals surface area (Å²) in [5.41, 5.74) is 3.19. The van der Waals surface area contributed by atoms with E-state index in [4.69, 9.17) is 0 Å². The molecular weight excluding hydrogens is 306 g/mol. The van der Waals surface area contributed by atoms with E-state index in [9.17, 15) is 4.79 Å². The number of amides is 1. The Kier molecular flexibility index (Phi) is 4.95. The van der Waals surface area contributed by atoms with Crippen molar-refractivity contribution in [2.75, 3.05) is 5.75 Å². The monoisotopic (exact) mass is 331 g/mol. The normalized spacial score (nSPS) is 24.7. The molecule has 0 radical (unpaired) electrons. The molecule has 1 aromatic carbocycles. The van der Waals surface area contributed by atoms with Gasteiger partial charge in [-0.3, -0.25) is 4.79 Å². The lowest BCUT2D eigenvalue weighted by atomic mass is 9.78. The first kappa shape index (κ1) is 16.4. The molecular formula is C18H25N3OS. The third kappa shape index (κ3) is 3.89. The Hall–Kier alpha value is -1.49. The van der Waals surface area contributed by atoms with Gasteiger partial charge in [0.25, 0.3) is 0 Å². The van der Waals surface area contributed by atoms with E-state index in [0.717, 1.165) is 22.6 Å². The van der Waals surface area contributed by atoms with Crippen LogP contribution in [0, 0.1) is 18.8 Å². The molecule has 1 heterocycles. The summed E-state index contributed by atoms with van der Waals surface area (Å²) in [5, 5.41) is 4.02. The summed E-state index contributed by atoms with van der Waals surface area (Å²) in [6.45, 7) is 6.60. The smallest absolute Gasteiger partial charge is 0.230 e. The molecule has 1 aliphatic carbocycles. The number of aromatic amines is 1. The van der Waals surface area contributed by atoms with Gasteiger partial charge in [-0.05, 0) is 42.9 Å². The summed E-state index contributed by atoms with van der Waals surface area (Å²) in [5.74, 6) is 1.78. The molecule has 23 heavy (non-hydrogen) atoms. The van der Waals surface area contributed by atoms with Crippen LogP contribution >= 0.6 is 11.8 Å². The first-order valence-corrected chi connectivity index (χ1v) is 9.40. The maximum atomic E-state index is 12.2. The van der Waals surface area contributed by atoms with Crippen molar-refractivity contribution in [1.29, 1.82) is 0 Å². The van der Waals surface area contributed by atoms with Crippen molar-refractivity contribution >= 4 is 28.7 Å². The number of H-pyrrole nitrogens is 1. The second kappa shape index (κ2) is 6.95. The molecule has 0 aliphatic heterocycles. The maximum Gasteiger partial charge on any atom is 0.230 e. The number of carbonyl (C=O) groups excluding carboxylic acids is 1. The molecule has 1 aliphatic rings. The van der Waals surface area contributed by atoms with E-state index in [2.05, 4.69) is 48.2 Å². The molecule has 3 atom stereocenters. The fourth-order valence-corrected chi connectivity index (χ4v) is 4.03. The number of hydrogen-bond acceptors (Lipinski definition) is 3. The summed E-state index contributed by atoms with van der Waals surface area (Å²) in [7, 11) is 0. The zero-order valence-electron chi connectivity index (χ0n) is 14.1. The topological polar surface area (TPSA) is 57.8 Å². The zero-order chi connectivity index (χ0) is 16.4. The van der Waals surface area contributed by atoms with Crippen LogP contribution in [0.25, 0.3) is 11.0 Å². The predicted molar refractivity (Wildman–Crippen MR) is 95.7 cm³/mol. The number of rotatable bonds is 4. The minimum atomic E-state index is 0.109. The van der Waals surface area contributed by atoms with Crippen LogP contribution in [0.3, 0.4) is 0 Å². The number of aromatic nitrogens is 2. The van der Waals surface area contributed by atoms with Crippen LogP contribution in [-0.4, -0.2) is 27.7 Å². The van der Waals surface area contributed by atoms with E-state index in [1.807, 2.05) is 6.07 Å². The number of benzene rings is 1. The van der Waals surface area contributed by atoms with Crippen LogP contribution in [0.4, 0.5) is 0 Å². The van der Waals surface area contributed by atoms with Gasteiger partial charge in [0.05, 0.1) is 16.8 Å². The highest BCUT2D eigenvalue weighted by Crippen LogP contribution is 2.29. The Morgan fingerprint density at radius 3 is 3.04 bits per heavy atom. The van der Waals surface area contributed by atoms with E-state index in [0.29, 0.717) is 23.6 Å². The van der Waals surface area contributed by atoms with Crippen molar-refractivity contribution in [2.24, 2.45) is 11.8 Å². The molecule has 0 unspecified atom stereocenters. The Balaban J connectivity index is 1.55. The number of hydrogen-bond donors (Lipinski definition) is 2. The summed E-state index contributed by atoms with van der Waals surface area (Å²) in [6, 6.07) is 6.47. The molecule has 2 aromatic rings. The van der Waals surface area contributed by atoms with Crippen LogP contribution in [0.1, 0.15) is 38.7 Å². The van der Waals surface area contributed by atoms with Gasteiger partial charge in [0.1, 0.15) is 0 Å². The number of nitrogens with one attached hydrogen (secondary N) is 2. The molecule has 1 aromatic heterocycles. The van der Waals surface area contributed by atoms with Crippen molar-refractivity contribution < 1.29 is 4.79 Å². The van der Waals surface area contributed by atoms with Gasteiger partial charge >= 0.3 is 0 Å². The van der Waals surface area contributed by atoms with Gasteiger partial charge in [-0.2, -0.15) is 0 Å². The van der Waals surface area contributed by atoms with Gasteiger partial charge in [-0.15, -0.1) is 0 Å². The number of aryl methyl sites for hydroxylation is 1. The van der Waals surface area contributed by atoms with Crippen LogP contribution in [0.5, 0.6) is 0 Å². The van der Waals surface area contributed by atoms with Crippen LogP contribution < -0.4 is 5.32 Å². The lowest BCUT2D eigenvalue weighted by molar-refractivity contribution is -0.120. The molecule has 124 valence electrons. The Bertz CT molecular complexity index is 697. The highest BCUT2D eigenvalue weighted by Gasteiger charge is 2.28. The third-order valence-corrected chi connectivity index (χ3v) is 5.88. The van der Waals surface area contributed by atoms with E-state index in [1.165, 1.54) is 30.2 Å². The number of carbonyl (C=O) groups is 1. The first-order chi connectivity index (χ1) is 11.0. The van der Waals surface area contributed by atoms with Crippen molar-refractivity contribution in [3.63, 3.8) is 0 Å². The SMILES string of the molecule is Cc1ccc2nc(SCC(=O)N[C@H]3CCC[C@@H](C)[C@@H]3C)[nH]c2c1. The van der Waals surface area contributed by atoms with Crippen molar-refractivity contribution in [1.82, 2.24) is 15.3 Å². The standard InChI is InChI=1S/C18H25N3OS/c1-11-7-8-15-16(9-11)21-18(20-15)23-10-17(22)19-14-6-4-5-12(2)13(14)3/h7-9,12-14H,4-6,10H2,1-3H3,(H,19,22)(H,20,21)/t12-,13+,14+/m1/s1. The lowest BCUT2D eigenvalue weighted by Gasteiger charge is -2.34. The summed E-state index contributed by atoms with van der Waals surface area (Å²) < 4.78 is 0. The molecule has 1 amide bonds. The second-order valence-electron chi connectivity index (χ2n) is 6.79. The summed E-state index contributed by atoms with van der Waals surface area (Å²) in [6.07, 6.45) is 3.60. The van der Waals surface area contributed by atoms with Gasteiger partial charge in [-0.1, -0.05) is 44.5 Å². The van der Waals surface area contributed by atoms with E-state index in [1.54, 1.807) is 0 Å². The van der Waals surface area contributed by atoms with Gasteiger partial charge in [0, 0.05) is 6.04 Å². The summed E-state index contributed by atoms with van der Waals surface area (Å²) in [4.78, 5) is 20.0. The van der Waals surface area contributed by atoms with Crippen molar-refractivity contribution in [3.8, 4) is 0 Å². The Labute approximate surface area is 141 Å². The molecule has 1 fully saturated rings. The van der Waals surface area contributed by atoms with Crippen LogP contribution in [-0.2, 0) is 4.79 Å². The average Bonchev–Trinajstić information content (AvgIpc) is 2.92. The molecule has 1 saturated carbocycles. The summed E-state index contributed by atoms with van der Waals surface area (Å²) >= 11 is 1.47. The van der Waals surface area contributed by atoms with E-state index >= 15 is 0 Å².